The van der Waals surface area contributed by atoms with E-state index in [1.807, 2.05) is 32.3 Å². The van der Waals surface area contributed by atoms with E-state index in [9.17, 15) is 13.2 Å². The minimum atomic E-state index is -3.86. The Morgan fingerprint density at radius 2 is 1.92 bits per heavy atom. The Balaban J connectivity index is 1.57. The van der Waals surface area contributed by atoms with Crippen molar-refractivity contribution in [3.8, 4) is 17.0 Å². The molecule has 10 heteroatoms. The van der Waals surface area contributed by atoms with Crippen LogP contribution in [0, 0.1) is 0 Å². The van der Waals surface area contributed by atoms with Crippen LogP contribution in [0.15, 0.2) is 36.7 Å². The maximum absolute atomic E-state index is 12.9. The second-order valence-electron chi connectivity index (χ2n) is 10.1. The molecule has 1 aliphatic carbocycles. The highest BCUT2D eigenvalue weighted by atomic mass is 32.2. The molecule has 9 nitrogen and oxygen atoms in total. The number of carbonyl (C=O) groups excluding carboxylic acids is 1. The monoisotopic (exact) mass is 509 g/mol. The van der Waals surface area contributed by atoms with Gasteiger partial charge in [-0.2, -0.15) is 0 Å². The van der Waals surface area contributed by atoms with E-state index in [2.05, 4.69) is 14.9 Å². The van der Waals surface area contributed by atoms with Gasteiger partial charge in [0.25, 0.3) is 0 Å². The molecule has 2 N–H and O–H groups in total. The summed E-state index contributed by atoms with van der Waals surface area (Å²) >= 11 is 0. The Labute approximate surface area is 211 Å². The van der Waals surface area contributed by atoms with Gasteiger partial charge >= 0.3 is 0 Å². The molecule has 190 valence electrons. The molecule has 1 spiro atoms. The number of rotatable bonds is 8. The lowest BCUT2D eigenvalue weighted by Crippen LogP contribution is -2.28. The van der Waals surface area contributed by atoms with E-state index in [0.717, 1.165) is 59.1 Å². The van der Waals surface area contributed by atoms with Gasteiger partial charge in [0.15, 0.2) is 0 Å². The van der Waals surface area contributed by atoms with Gasteiger partial charge in [0.05, 0.1) is 29.4 Å². The minimum absolute atomic E-state index is 0.124. The fourth-order valence-electron chi connectivity index (χ4n) is 5.01. The van der Waals surface area contributed by atoms with Gasteiger partial charge in [-0.05, 0) is 64.0 Å². The number of anilines is 1. The van der Waals surface area contributed by atoms with E-state index in [1.165, 1.54) is 6.92 Å². The van der Waals surface area contributed by atoms with Gasteiger partial charge < -0.3 is 14.5 Å². The lowest BCUT2D eigenvalue weighted by Gasteiger charge is -2.17. The van der Waals surface area contributed by atoms with E-state index in [1.54, 1.807) is 30.4 Å². The molecule has 1 saturated carbocycles. The molecule has 3 heterocycles. The molecule has 2 aromatic heterocycles. The molecule has 5 rings (SSSR count). The highest BCUT2D eigenvalue weighted by Gasteiger charge is 2.59. The van der Waals surface area contributed by atoms with Crippen LogP contribution in [0.4, 0.5) is 5.69 Å². The second kappa shape index (κ2) is 8.79. The van der Waals surface area contributed by atoms with Crippen LogP contribution in [0.25, 0.3) is 22.0 Å². The number of hydrogen-bond acceptors (Lipinski definition) is 7. The number of ether oxygens (including phenoxy) is 1. The van der Waals surface area contributed by atoms with Crippen molar-refractivity contribution in [2.75, 3.05) is 39.2 Å². The number of fused-ring (bicyclic) bond motifs is 4. The smallest absolute Gasteiger partial charge is 0.237 e. The van der Waals surface area contributed by atoms with Crippen molar-refractivity contribution in [1.29, 1.82) is 0 Å². The van der Waals surface area contributed by atoms with Gasteiger partial charge in [0.1, 0.15) is 5.25 Å². The molecule has 1 atom stereocenters. The lowest BCUT2D eigenvalue weighted by atomic mass is 9.92. The summed E-state index contributed by atoms with van der Waals surface area (Å²) in [6.45, 7) is 2.79. The number of nitrogens with zero attached hydrogens (tertiary/aromatic N) is 4. The summed E-state index contributed by atoms with van der Waals surface area (Å²) in [6.07, 6.45) is 5.91. The van der Waals surface area contributed by atoms with Gasteiger partial charge in [-0.15, -0.1) is 0 Å². The first-order chi connectivity index (χ1) is 17.0. The summed E-state index contributed by atoms with van der Waals surface area (Å²) in [5.41, 5.74) is 4.27. The molecule has 1 fully saturated rings. The predicted molar refractivity (Wildman–Crippen MR) is 139 cm³/mol. The number of sulfonamides is 1. The number of likely N-dealkylation sites (N-methyl/N-ethyl adjacent to an activating group) is 1. The van der Waals surface area contributed by atoms with Crippen molar-refractivity contribution in [2.24, 2.45) is 5.14 Å². The third kappa shape index (κ3) is 4.12. The molecule has 0 saturated heterocycles. The third-order valence-corrected chi connectivity index (χ3v) is 8.52. The van der Waals surface area contributed by atoms with Gasteiger partial charge in [-0.1, -0.05) is 6.07 Å². The number of nitrogens with two attached hydrogens (primary N) is 1. The first kappa shape index (κ1) is 24.6. The van der Waals surface area contributed by atoms with Crippen LogP contribution >= 0.6 is 0 Å². The van der Waals surface area contributed by atoms with Gasteiger partial charge in [0, 0.05) is 41.9 Å². The maximum atomic E-state index is 12.9. The molecule has 3 aromatic rings. The van der Waals surface area contributed by atoms with Crippen molar-refractivity contribution >= 4 is 32.5 Å². The summed E-state index contributed by atoms with van der Waals surface area (Å²) in [4.78, 5) is 25.8. The minimum Gasteiger partial charge on any atom is -0.477 e. The first-order valence-corrected chi connectivity index (χ1v) is 13.6. The standard InChI is InChI=1S/C26H31N5O4S/c1-16(36(27,33)34)19-13-18(14-29-24(19)35-11-5-10-30(2)3)17-6-7-21-20(12-17)23-22(15-28-21)31(4)25(32)26(23)8-9-26/h6-7,12-16H,5,8-11H2,1-4H3,(H2,27,33,34). The molecule has 36 heavy (non-hydrogen) atoms. The van der Waals surface area contributed by atoms with Crippen molar-refractivity contribution in [3.63, 3.8) is 0 Å². The van der Waals surface area contributed by atoms with E-state index in [4.69, 9.17) is 9.88 Å². The largest absolute Gasteiger partial charge is 0.477 e. The summed E-state index contributed by atoms with van der Waals surface area (Å²) in [6, 6.07) is 7.67. The molecular formula is C26H31N5O4S. The van der Waals surface area contributed by atoms with Crippen LogP contribution in [0.3, 0.4) is 0 Å². The third-order valence-electron chi connectivity index (χ3n) is 7.28. The second-order valence-corrected chi connectivity index (χ2v) is 11.9. The normalized spacial score (nSPS) is 17.2. The highest BCUT2D eigenvalue weighted by Crippen LogP contribution is 2.58. The SMILES string of the molecule is CC(c1cc(-c2ccc3ncc4c(c3c2)C2(CC2)C(=O)N4C)cnc1OCCCN(C)C)S(N)(=O)=O. The number of primary sulfonamides is 1. The summed E-state index contributed by atoms with van der Waals surface area (Å²) in [7, 11) is 1.90. The van der Waals surface area contributed by atoms with E-state index >= 15 is 0 Å². The van der Waals surface area contributed by atoms with Gasteiger partial charge in [0.2, 0.25) is 21.8 Å². The number of hydrogen-bond donors (Lipinski definition) is 1. The summed E-state index contributed by atoms with van der Waals surface area (Å²) in [5.74, 6) is 0.394. The molecule has 1 amide bonds. The lowest BCUT2D eigenvalue weighted by molar-refractivity contribution is -0.119. The highest BCUT2D eigenvalue weighted by molar-refractivity contribution is 7.89. The zero-order valence-corrected chi connectivity index (χ0v) is 21.8. The molecule has 2 aliphatic rings. The quantitative estimate of drug-likeness (QED) is 0.464. The Kier molecular flexibility index (Phi) is 6.01. The van der Waals surface area contributed by atoms with Gasteiger partial charge in [-0.3, -0.25) is 9.78 Å². The maximum Gasteiger partial charge on any atom is 0.237 e. The predicted octanol–water partition coefficient (Wildman–Crippen LogP) is 2.98. The van der Waals surface area contributed by atoms with Gasteiger partial charge in [-0.25, -0.2) is 18.5 Å². The topological polar surface area (TPSA) is 119 Å². The van der Waals surface area contributed by atoms with Crippen LogP contribution in [-0.4, -0.2) is 63.5 Å². The van der Waals surface area contributed by atoms with Crippen molar-refractivity contribution < 1.29 is 17.9 Å². The molecule has 0 radical (unpaired) electrons. The van der Waals surface area contributed by atoms with E-state index < -0.39 is 20.7 Å². The number of amides is 1. The molecule has 1 aromatic carbocycles. The fraction of sp³-hybridized carbons (Fsp3) is 0.423. The Morgan fingerprint density at radius 1 is 1.17 bits per heavy atom. The van der Waals surface area contributed by atoms with Crippen LogP contribution in [0.1, 0.15) is 42.6 Å². The van der Waals surface area contributed by atoms with E-state index in [-0.39, 0.29) is 11.8 Å². The van der Waals surface area contributed by atoms with Crippen molar-refractivity contribution in [1.82, 2.24) is 14.9 Å². The molecule has 1 unspecified atom stereocenters. The average molecular weight is 510 g/mol. The van der Waals surface area contributed by atoms with Crippen LogP contribution in [-0.2, 0) is 20.2 Å². The number of pyridine rings is 2. The zero-order chi connectivity index (χ0) is 25.8. The van der Waals surface area contributed by atoms with Crippen molar-refractivity contribution in [3.05, 3.63) is 47.8 Å². The Bertz CT molecular complexity index is 1470. The van der Waals surface area contributed by atoms with E-state index in [0.29, 0.717) is 12.2 Å². The Hall–Kier alpha value is -3.08. The number of carbonyl (C=O) groups is 1. The first-order valence-electron chi connectivity index (χ1n) is 12.0. The van der Waals surface area contributed by atoms with Crippen molar-refractivity contribution in [2.45, 2.75) is 36.9 Å². The zero-order valence-electron chi connectivity index (χ0n) is 21.0. The van der Waals surface area contributed by atoms with Crippen LogP contribution < -0.4 is 14.8 Å². The Morgan fingerprint density at radius 3 is 2.58 bits per heavy atom. The van der Waals surface area contributed by atoms with Crippen LogP contribution in [0.2, 0.25) is 0 Å². The average Bonchev–Trinajstić information content (AvgIpc) is 3.61. The number of aromatic nitrogens is 2. The van der Waals surface area contributed by atoms with Crippen LogP contribution in [0.5, 0.6) is 5.88 Å². The summed E-state index contributed by atoms with van der Waals surface area (Å²) < 4.78 is 30.3. The molecule has 1 aliphatic heterocycles. The molecule has 0 bridgehead atoms. The molecular weight excluding hydrogens is 478 g/mol. The fourth-order valence-corrected chi connectivity index (χ4v) is 5.53. The number of benzene rings is 1. The summed E-state index contributed by atoms with van der Waals surface area (Å²) in [5, 5.41) is 5.45.